The van der Waals surface area contributed by atoms with Gasteiger partial charge >= 0.3 is 0 Å². The molecule has 0 bridgehead atoms. The summed E-state index contributed by atoms with van der Waals surface area (Å²) in [6.07, 6.45) is 5.70. The lowest BCUT2D eigenvalue weighted by atomic mass is 9.78. The molecular weight excluding hydrogens is 198 g/mol. The van der Waals surface area contributed by atoms with Crippen LogP contribution in [0.4, 0.5) is 0 Å². The van der Waals surface area contributed by atoms with Crippen LogP contribution in [0.1, 0.15) is 52.9 Å². The lowest BCUT2D eigenvalue weighted by molar-refractivity contribution is 0.0810. The van der Waals surface area contributed by atoms with Gasteiger partial charge in [-0.05, 0) is 37.8 Å². The van der Waals surface area contributed by atoms with Gasteiger partial charge in [-0.1, -0.05) is 27.2 Å². The predicted octanol–water partition coefficient (Wildman–Crippen LogP) is 2.60. The molecule has 3 nitrogen and oxygen atoms in total. The quantitative estimate of drug-likeness (QED) is 0.558. The summed E-state index contributed by atoms with van der Waals surface area (Å²) in [4.78, 5) is 2.53. The highest BCUT2D eigenvalue weighted by Crippen LogP contribution is 2.35. The van der Waals surface area contributed by atoms with Crippen LogP contribution in [0.15, 0.2) is 0 Å². The van der Waals surface area contributed by atoms with Crippen LogP contribution < -0.4 is 5.73 Å². The molecule has 1 atom stereocenters. The Kier molecular flexibility index (Phi) is 4.78. The van der Waals surface area contributed by atoms with Crippen LogP contribution in [0.3, 0.4) is 0 Å². The number of hydrogen-bond donors (Lipinski definition) is 2. The second kappa shape index (κ2) is 5.67. The van der Waals surface area contributed by atoms with E-state index in [1.165, 1.54) is 32.4 Å². The molecule has 16 heavy (non-hydrogen) atoms. The minimum atomic E-state index is 0.329. The van der Waals surface area contributed by atoms with Gasteiger partial charge in [0.1, 0.15) is 0 Å². The van der Waals surface area contributed by atoms with Gasteiger partial charge in [0.2, 0.25) is 0 Å². The van der Waals surface area contributed by atoms with E-state index < -0.39 is 0 Å². The molecule has 0 aromatic carbocycles. The van der Waals surface area contributed by atoms with Crippen molar-refractivity contribution in [2.45, 2.75) is 58.9 Å². The molecule has 94 valence electrons. The van der Waals surface area contributed by atoms with Gasteiger partial charge in [0.05, 0.1) is 5.84 Å². The first-order valence-electron chi connectivity index (χ1n) is 6.57. The number of nitrogens with one attached hydrogen (secondary N) is 1. The molecule has 1 unspecified atom stereocenters. The second-order valence-electron chi connectivity index (χ2n) is 5.49. The number of rotatable bonds is 5. The van der Waals surface area contributed by atoms with Gasteiger partial charge in [-0.25, -0.2) is 0 Å². The Morgan fingerprint density at radius 1 is 1.38 bits per heavy atom. The minimum absolute atomic E-state index is 0.329. The van der Waals surface area contributed by atoms with E-state index in [-0.39, 0.29) is 0 Å². The summed E-state index contributed by atoms with van der Waals surface area (Å²) in [5.74, 6) is 0.329. The molecule has 0 aliphatic carbocycles. The molecule has 1 saturated heterocycles. The predicted molar refractivity (Wildman–Crippen MR) is 69.8 cm³/mol. The highest BCUT2D eigenvalue weighted by molar-refractivity contribution is 5.77. The largest absolute Gasteiger partial charge is 0.388 e. The zero-order chi connectivity index (χ0) is 12.2. The van der Waals surface area contributed by atoms with Gasteiger partial charge in [0.25, 0.3) is 0 Å². The van der Waals surface area contributed by atoms with E-state index in [9.17, 15) is 0 Å². The molecule has 0 spiro atoms. The van der Waals surface area contributed by atoms with Crippen LogP contribution in [0.25, 0.3) is 0 Å². The fraction of sp³-hybridized carbons (Fsp3) is 0.923. The molecule has 0 aromatic rings. The summed E-state index contributed by atoms with van der Waals surface area (Å²) in [6, 6.07) is 0.485. The molecule has 1 aliphatic heterocycles. The van der Waals surface area contributed by atoms with Gasteiger partial charge in [0, 0.05) is 12.5 Å². The lowest BCUT2D eigenvalue weighted by Gasteiger charge is -2.42. The Bertz CT molecular complexity index is 229. The number of nitrogens with zero attached hydrogens (tertiary/aromatic N) is 1. The Morgan fingerprint density at radius 2 is 1.94 bits per heavy atom. The highest BCUT2D eigenvalue weighted by Gasteiger charge is 2.30. The normalized spacial score (nSPS) is 22.9. The van der Waals surface area contributed by atoms with Crippen LogP contribution >= 0.6 is 0 Å². The fourth-order valence-corrected chi connectivity index (χ4v) is 2.57. The van der Waals surface area contributed by atoms with Gasteiger partial charge < -0.3 is 5.73 Å². The zero-order valence-corrected chi connectivity index (χ0v) is 11.1. The Hall–Kier alpha value is -0.570. The molecule has 3 heteroatoms. The summed E-state index contributed by atoms with van der Waals surface area (Å²) in [6.45, 7) is 9.24. The van der Waals surface area contributed by atoms with Crippen molar-refractivity contribution in [1.82, 2.24) is 4.90 Å². The molecular formula is C13H27N3. The molecule has 0 radical (unpaired) electrons. The van der Waals surface area contributed by atoms with E-state index in [0.29, 0.717) is 17.3 Å². The standard InChI is InChI=1S/C13H27N3/c1-4-11(10-12(14)15)16-8-6-13(3,5-2)7-9-16/h11H,4-10H2,1-3H3,(H3,14,15). The first kappa shape index (κ1) is 13.5. The van der Waals surface area contributed by atoms with Crippen LogP contribution in [-0.2, 0) is 0 Å². The van der Waals surface area contributed by atoms with Crippen LogP contribution in [0.2, 0.25) is 0 Å². The molecule has 1 fully saturated rings. The van der Waals surface area contributed by atoms with Crippen molar-refractivity contribution in [1.29, 1.82) is 5.41 Å². The number of nitrogens with two attached hydrogens (primary N) is 1. The Balaban J connectivity index is 2.48. The summed E-state index contributed by atoms with van der Waals surface area (Å²) in [7, 11) is 0. The topological polar surface area (TPSA) is 53.1 Å². The minimum Gasteiger partial charge on any atom is -0.388 e. The third-order valence-electron chi connectivity index (χ3n) is 4.30. The van der Waals surface area contributed by atoms with Crippen molar-refractivity contribution in [2.75, 3.05) is 13.1 Å². The molecule has 1 rings (SSSR count). The summed E-state index contributed by atoms with van der Waals surface area (Å²) in [5.41, 5.74) is 6.06. The highest BCUT2D eigenvalue weighted by atomic mass is 15.2. The van der Waals surface area contributed by atoms with Crippen molar-refractivity contribution in [3.05, 3.63) is 0 Å². The Labute approximate surface area is 99.9 Å². The van der Waals surface area contributed by atoms with Crippen molar-refractivity contribution >= 4 is 5.84 Å². The third kappa shape index (κ3) is 3.48. The van der Waals surface area contributed by atoms with Crippen LogP contribution in [0.5, 0.6) is 0 Å². The molecule has 1 aliphatic rings. The first-order chi connectivity index (χ1) is 7.50. The van der Waals surface area contributed by atoms with Gasteiger partial charge in [0.15, 0.2) is 0 Å². The average Bonchev–Trinajstić information content (AvgIpc) is 2.27. The Morgan fingerprint density at radius 3 is 2.31 bits per heavy atom. The lowest BCUT2D eigenvalue weighted by Crippen LogP contribution is -2.45. The molecule has 0 amide bonds. The van der Waals surface area contributed by atoms with E-state index in [1.807, 2.05) is 0 Å². The fourth-order valence-electron chi connectivity index (χ4n) is 2.57. The maximum Gasteiger partial charge on any atom is 0.0921 e. The molecule has 3 N–H and O–H groups in total. The molecule has 1 heterocycles. The molecule has 0 saturated carbocycles. The molecule has 0 aromatic heterocycles. The second-order valence-corrected chi connectivity index (χ2v) is 5.49. The van der Waals surface area contributed by atoms with E-state index in [0.717, 1.165) is 12.8 Å². The first-order valence-corrected chi connectivity index (χ1v) is 6.57. The zero-order valence-electron chi connectivity index (χ0n) is 11.1. The van der Waals surface area contributed by atoms with Crippen molar-refractivity contribution in [3.63, 3.8) is 0 Å². The SMILES string of the molecule is CCC(CC(=N)N)N1CCC(C)(CC)CC1. The number of hydrogen-bond acceptors (Lipinski definition) is 2. The van der Waals surface area contributed by atoms with Gasteiger partial charge in [-0.3, -0.25) is 10.3 Å². The van der Waals surface area contributed by atoms with E-state index in [4.69, 9.17) is 11.1 Å². The number of piperidine rings is 1. The van der Waals surface area contributed by atoms with Crippen molar-refractivity contribution < 1.29 is 0 Å². The average molecular weight is 225 g/mol. The maximum absolute atomic E-state index is 7.41. The number of likely N-dealkylation sites (tertiary alicyclic amines) is 1. The van der Waals surface area contributed by atoms with E-state index in [1.54, 1.807) is 0 Å². The van der Waals surface area contributed by atoms with Gasteiger partial charge in [-0.15, -0.1) is 0 Å². The van der Waals surface area contributed by atoms with Crippen LogP contribution in [0, 0.1) is 10.8 Å². The third-order valence-corrected chi connectivity index (χ3v) is 4.30. The van der Waals surface area contributed by atoms with Crippen LogP contribution in [-0.4, -0.2) is 29.9 Å². The van der Waals surface area contributed by atoms with E-state index in [2.05, 4.69) is 25.7 Å². The number of amidine groups is 1. The summed E-state index contributed by atoms with van der Waals surface area (Å²) in [5, 5.41) is 7.41. The van der Waals surface area contributed by atoms with E-state index >= 15 is 0 Å². The summed E-state index contributed by atoms with van der Waals surface area (Å²) >= 11 is 0. The maximum atomic E-state index is 7.41. The smallest absolute Gasteiger partial charge is 0.0921 e. The van der Waals surface area contributed by atoms with Crippen molar-refractivity contribution in [3.8, 4) is 0 Å². The summed E-state index contributed by atoms with van der Waals surface area (Å²) < 4.78 is 0. The van der Waals surface area contributed by atoms with Crippen molar-refractivity contribution in [2.24, 2.45) is 11.1 Å². The monoisotopic (exact) mass is 225 g/mol. The van der Waals surface area contributed by atoms with Gasteiger partial charge in [-0.2, -0.15) is 0 Å².